The molecule has 0 atom stereocenters. The van der Waals surface area contributed by atoms with E-state index in [0.29, 0.717) is 6.42 Å². The minimum absolute atomic E-state index is 0.0497. The molecule has 0 spiro atoms. The number of phenolic OH excluding ortho intramolecular Hbond substituents is 1. The van der Waals surface area contributed by atoms with Crippen LogP contribution in [0.3, 0.4) is 0 Å². The van der Waals surface area contributed by atoms with E-state index in [1.807, 2.05) is 20.8 Å². The molecule has 0 amide bonds. The number of hydrogen-bond donors (Lipinski definition) is 2. The first-order valence-corrected chi connectivity index (χ1v) is 6.58. The van der Waals surface area contributed by atoms with Crippen molar-refractivity contribution in [1.82, 2.24) is 4.72 Å². The molecule has 16 heavy (non-hydrogen) atoms. The van der Waals surface area contributed by atoms with Crippen LogP contribution in [0.2, 0.25) is 0 Å². The Morgan fingerprint density at radius 3 is 2.19 bits per heavy atom. The van der Waals surface area contributed by atoms with Gasteiger partial charge in [0.15, 0.2) is 0 Å². The van der Waals surface area contributed by atoms with Crippen LogP contribution in [0.1, 0.15) is 27.2 Å². The second kappa shape index (κ2) is 4.43. The van der Waals surface area contributed by atoms with Crippen LogP contribution in [-0.2, 0) is 10.0 Å². The minimum atomic E-state index is -3.51. The Bertz CT molecular complexity index is 449. The Balaban J connectivity index is 2.99. The zero-order valence-electron chi connectivity index (χ0n) is 9.69. The molecule has 0 saturated carbocycles. The predicted molar refractivity (Wildman–Crippen MR) is 62.8 cm³/mol. The van der Waals surface area contributed by atoms with Crippen LogP contribution in [0.4, 0.5) is 0 Å². The van der Waals surface area contributed by atoms with E-state index in [1.165, 1.54) is 24.3 Å². The van der Waals surface area contributed by atoms with Crippen molar-refractivity contribution < 1.29 is 13.5 Å². The molecule has 0 aliphatic carbocycles. The van der Waals surface area contributed by atoms with Crippen LogP contribution in [0.25, 0.3) is 0 Å². The maximum absolute atomic E-state index is 11.9. The molecule has 1 aromatic rings. The molecule has 0 radical (unpaired) electrons. The topological polar surface area (TPSA) is 66.4 Å². The Morgan fingerprint density at radius 1 is 1.25 bits per heavy atom. The summed E-state index contributed by atoms with van der Waals surface area (Å²) in [4.78, 5) is 0.159. The number of rotatable bonds is 4. The molecule has 5 heteroatoms. The van der Waals surface area contributed by atoms with Crippen molar-refractivity contribution in [2.24, 2.45) is 0 Å². The van der Waals surface area contributed by atoms with Gasteiger partial charge in [0.25, 0.3) is 0 Å². The van der Waals surface area contributed by atoms with Crippen molar-refractivity contribution in [3.05, 3.63) is 24.3 Å². The zero-order chi connectivity index (χ0) is 12.4. The SMILES string of the molecule is CCC(C)(C)NS(=O)(=O)c1ccc(O)cc1. The molecule has 2 N–H and O–H groups in total. The molecule has 0 aliphatic rings. The van der Waals surface area contributed by atoms with Gasteiger partial charge in [-0.15, -0.1) is 0 Å². The molecular weight excluding hydrogens is 226 g/mol. The monoisotopic (exact) mass is 243 g/mol. The van der Waals surface area contributed by atoms with Gasteiger partial charge in [0.05, 0.1) is 4.90 Å². The van der Waals surface area contributed by atoms with E-state index in [0.717, 1.165) is 0 Å². The first kappa shape index (κ1) is 13.0. The second-order valence-corrected chi connectivity index (χ2v) is 6.02. The van der Waals surface area contributed by atoms with E-state index >= 15 is 0 Å². The normalized spacial score (nSPS) is 12.7. The summed E-state index contributed by atoms with van der Waals surface area (Å²) in [6, 6.07) is 5.47. The van der Waals surface area contributed by atoms with Crippen LogP contribution < -0.4 is 4.72 Å². The number of aromatic hydroxyl groups is 1. The maximum Gasteiger partial charge on any atom is 0.241 e. The second-order valence-electron chi connectivity index (χ2n) is 4.34. The number of phenols is 1. The molecule has 0 heterocycles. The zero-order valence-corrected chi connectivity index (χ0v) is 10.5. The van der Waals surface area contributed by atoms with Crippen LogP contribution >= 0.6 is 0 Å². The lowest BCUT2D eigenvalue weighted by atomic mass is 10.0. The fraction of sp³-hybridized carbons (Fsp3) is 0.455. The summed E-state index contributed by atoms with van der Waals surface area (Å²) in [6.07, 6.45) is 0.699. The van der Waals surface area contributed by atoms with Gasteiger partial charge in [-0.3, -0.25) is 0 Å². The third-order valence-electron chi connectivity index (χ3n) is 2.44. The van der Waals surface area contributed by atoms with Gasteiger partial charge < -0.3 is 5.11 Å². The fourth-order valence-electron chi connectivity index (χ4n) is 1.12. The summed E-state index contributed by atoms with van der Waals surface area (Å²) >= 11 is 0. The molecule has 4 nitrogen and oxygen atoms in total. The van der Waals surface area contributed by atoms with Crippen molar-refractivity contribution in [3.8, 4) is 5.75 Å². The first-order chi connectivity index (χ1) is 7.27. The number of nitrogens with one attached hydrogen (secondary N) is 1. The average molecular weight is 243 g/mol. The molecule has 1 rings (SSSR count). The molecular formula is C11H17NO3S. The van der Waals surface area contributed by atoms with Gasteiger partial charge in [-0.2, -0.15) is 0 Å². The summed E-state index contributed by atoms with van der Waals surface area (Å²) in [5, 5.41) is 9.09. The van der Waals surface area contributed by atoms with Crippen molar-refractivity contribution in [2.75, 3.05) is 0 Å². The lowest BCUT2D eigenvalue weighted by Gasteiger charge is -2.24. The lowest BCUT2D eigenvalue weighted by Crippen LogP contribution is -2.42. The molecule has 0 aliphatic heterocycles. The maximum atomic E-state index is 11.9. The minimum Gasteiger partial charge on any atom is -0.508 e. The highest BCUT2D eigenvalue weighted by atomic mass is 32.2. The van der Waals surface area contributed by atoms with Crippen LogP contribution in [0, 0.1) is 0 Å². The third-order valence-corrected chi connectivity index (χ3v) is 4.16. The standard InChI is InChI=1S/C11H17NO3S/c1-4-11(2,3)12-16(14,15)10-7-5-9(13)6-8-10/h5-8,12-13H,4H2,1-3H3. The lowest BCUT2D eigenvalue weighted by molar-refractivity contribution is 0.439. The van der Waals surface area contributed by atoms with Gasteiger partial charge in [-0.1, -0.05) is 6.92 Å². The highest BCUT2D eigenvalue weighted by Gasteiger charge is 2.24. The number of benzene rings is 1. The van der Waals surface area contributed by atoms with Gasteiger partial charge in [0.1, 0.15) is 5.75 Å². The van der Waals surface area contributed by atoms with E-state index in [4.69, 9.17) is 5.11 Å². The summed E-state index contributed by atoms with van der Waals surface area (Å²) < 4.78 is 26.5. The summed E-state index contributed by atoms with van der Waals surface area (Å²) in [7, 11) is -3.51. The van der Waals surface area contributed by atoms with E-state index in [9.17, 15) is 8.42 Å². The van der Waals surface area contributed by atoms with Gasteiger partial charge in [-0.25, -0.2) is 13.1 Å². The molecule has 0 unspecified atom stereocenters. The summed E-state index contributed by atoms with van der Waals surface area (Å²) in [5.74, 6) is 0.0497. The smallest absolute Gasteiger partial charge is 0.241 e. The highest BCUT2D eigenvalue weighted by Crippen LogP contribution is 2.17. The van der Waals surface area contributed by atoms with Crippen molar-refractivity contribution >= 4 is 10.0 Å². The van der Waals surface area contributed by atoms with Gasteiger partial charge in [0, 0.05) is 5.54 Å². The van der Waals surface area contributed by atoms with Gasteiger partial charge in [0.2, 0.25) is 10.0 Å². The summed E-state index contributed by atoms with van der Waals surface area (Å²) in [6.45, 7) is 5.56. The predicted octanol–water partition coefficient (Wildman–Crippen LogP) is 1.86. The molecule has 0 bridgehead atoms. The summed E-state index contributed by atoms with van der Waals surface area (Å²) in [5.41, 5.74) is -0.475. The van der Waals surface area contributed by atoms with Crippen LogP contribution in [-0.4, -0.2) is 19.1 Å². The molecule has 0 aromatic heterocycles. The Morgan fingerprint density at radius 2 is 1.75 bits per heavy atom. The molecule has 1 aromatic carbocycles. The molecule has 0 saturated heterocycles. The van der Waals surface area contributed by atoms with E-state index in [-0.39, 0.29) is 10.6 Å². The van der Waals surface area contributed by atoms with Crippen molar-refractivity contribution in [3.63, 3.8) is 0 Å². The van der Waals surface area contributed by atoms with E-state index in [2.05, 4.69) is 4.72 Å². The fourth-order valence-corrected chi connectivity index (χ4v) is 2.60. The first-order valence-electron chi connectivity index (χ1n) is 5.10. The quantitative estimate of drug-likeness (QED) is 0.848. The number of hydrogen-bond acceptors (Lipinski definition) is 3. The van der Waals surface area contributed by atoms with E-state index < -0.39 is 15.6 Å². The third kappa shape index (κ3) is 3.21. The van der Waals surface area contributed by atoms with Crippen molar-refractivity contribution in [1.29, 1.82) is 0 Å². The van der Waals surface area contributed by atoms with Gasteiger partial charge in [-0.05, 0) is 44.5 Å². The Kier molecular flexibility index (Phi) is 3.60. The van der Waals surface area contributed by atoms with Gasteiger partial charge >= 0.3 is 0 Å². The Labute approximate surface area is 96.4 Å². The Hall–Kier alpha value is -1.07. The van der Waals surface area contributed by atoms with E-state index in [1.54, 1.807) is 0 Å². The largest absolute Gasteiger partial charge is 0.508 e. The average Bonchev–Trinajstić information content (AvgIpc) is 2.17. The van der Waals surface area contributed by atoms with Crippen LogP contribution in [0.5, 0.6) is 5.75 Å². The number of sulfonamides is 1. The van der Waals surface area contributed by atoms with Crippen LogP contribution in [0.15, 0.2) is 29.2 Å². The highest BCUT2D eigenvalue weighted by molar-refractivity contribution is 7.89. The molecule has 90 valence electrons. The van der Waals surface area contributed by atoms with Crippen molar-refractivity contribution in [2.45, 2.75) is 37.6 Å². The molecule has 0 fully saturated rings.